The molecule has 1 unspecified atom stereocenters. The lowest BCUT2D eigenvalue weighted by Crippen LogP contribution is -2.37. The molecule has 1 aliphatic rings. The fourth-order valence-electron chi connectivity index (χ4n) is 3.78. The lowest BCUT2D eigenvalue weighted by atomic mass is 9.99. The summed E-state index contributed by atoms with van der Waals surface area (Å²) < 4.78 is 16.1. The molecule has 0 bridgehead atoms. The normalized spacial score (nSPS) is 18.1. The highest BCUT2D eigenvalue weighted by Gasteiger charge is 2.47. The summed E-state index contributed by atoms with van der Waals surface area (Å²) in [5.74, 6) is -0.381. The van der Waals surface area contributed by atoms with Gasteiger partial charge < -0.3 is 28.8 Å². The maximum Gasteiger partial charge on any atom is 0.295 e. The number of hydrogen-bond donors (Lipinski definition) is 1. The van der Waals surface area contributed by atoms with Crippen molar-refractivity contribution < 1.29 is 28.6 Å². The average Bonchev–Trinajstić information content (AvgIpc) is 3.41. The van der Waals surface area contributed by atoms with Crippen molar-refractivity contribution in [2.45, 2.75) is 19.9 Å². The van der Waals surface area contributed by atoms with Crippen molar-refractivity contribution in [3.63, 3.8) is 0 Å². The Balaban J connectivity index is 2.07. The molecule has 8 heteroatoms. The number of rotatable bonds is 9. The van der Waals surface area contributed by atoms with Crippen LogP contribution in [0.2, 0.25) is 0 Å². The molecule has 1 saturated heterocycles. The van der Waals surface area contributed by atoms with Crippen LogP contribution in [0, 0.1) is 0 Å². The molecule has 0 radical (unpaired) electrons. The van der Waals surface area contributed by atoms with E-state index >= 15 is 0 Å². The van der Waals surface area contributed by atoms with Crippen LogP contribution in [0.25, 0.3) is 5.76 Å². The minimum Gasteiger partial charge on any atom is -0.507 e. The van der Waals surface area contributed by atoms with Crippen molar-refractivity contribution in [1.29, 1.82) is 0 Å². The summed E-state index contributed by atoms with van der Waals surface area (Å²) in [5, 5.41) is 11.1. The fourth-order valence-corrected chi connectivity index (χ4v) is 3.78. The highest BCUT2D eigenvalue weighted by atomic mass is 16.5. The number of hydrogen-bond acceptors (Lipinski definition) is 7. The number of carbonyl (C=O) groups is 2. The van der Waals surface area contributed by atoms with Crippen LogP contribution in [0.4, 0.5) is 0 Å². The van der Waals surface area contributed by atoms with Crippen molar-refractivity contribution in [3.05, 3.63) is 53.5 Å². The second-order valence-corrected chi connectivity index (χ2v) is 7.10. The van der Waals surface area contributed by atoms with E-state index in [1.165, 1.54) is 25.4 Å². The van der Waals surface area contributed by atoms with Crippen molar-refractivity contribution >= 4 is 17.4 Å². The molecule has 31 heavy (non-hydrogen) atoms. The van der Waals surface area contributed by atoms with Crippen LogP contribution in [0.15, 0.2) is 46.6 Å². The van der Waals surface area contributed by atoms with Crippen LogP contribution < -0.4 is 9.47 Å². The Kier molecular flexibility index (Phi) is 7.02. The number of aliphatic hydroxyl groups is 1. The molecule has 0 spiro atoms. The molecule has 0 aliphatic carbocycles. The van der Waals surface area contributed by atoms with Gasteiger partial charge in [-0.1, -0.05) is 13.8 Å². The maximum atomic E-state index is 13.0. The van der Waals surface area contributed by atoms with Gasteiger partial charge in [-0.05, 0) is 43.4 Å². The van der Waals surface area contributed by atoms with Gasteiger partial charge >= 0.3 is 0 Å². The molecule has 1 aliphatic heterocycles. The van der Waals surface area contributed by atoms with Crippen LogP contribution in [-0.2, 0) is 9.59 Å². The van der Waals surface area contributed by atoms with Crippen molar-refractivity contribution in [3.8, 4) is 11.5 Å². The second-order valence-electron chi connectivity index (χ2n) is 7.10. The first-order chi connectivity index (χ1) is 15.0. The van der Waals surface area contributed by atoms with Crippen LogP contribution >= 0.6 is 0 Å². The minimum atomic E-state index is -0.807. The first-order valence-electron chi connectivity index (χ1n) is 10.2. The van der Waals surface area contributed by atoms with Crippen LogP contribution in [-0.4, -0.2) is 67.0 Å². The van der Waals surface area contributed by atoms with E-state index in [-0.39, 0.29) is 11.3 Å². The number of furan rings is 1. The van der Waals surface area contributed by atoms with Gasteiger partial charge in [-0.15, -0.1) is 0 Å². The smallest absolute Gasteiger partial charge is 0.295 e. The Morgan fingerprint density at radius 3 is 2.42 bits per heavy atom. The third-order valence-electron chi connectivity index (χ3n) is 5.56. The van der Waals surface area contributed by atoms with Gasteiger partial charge in [0.2, 0.25) is 0 Å². The summed E-state index contributed by atoms with van der Waals surface area (Å²) in [5.41, 5.74) is 0.336. The molecule has 2 aromatic rings. The van der Waals surface area contributed by atoms with E-state index in [1.807, 2.05) is 13.8 Å². The highest BCUT2D eigenvalue weighted by molar-refractivity contribution is 6.46. The van der Waals surface area contributed by atoms with E-state index in [4.69, 9.17) is 13.9 Å². The number of carbonyl (C=O) groups excluding carboxylic acids is 2. The van der Waals surface area contributed by atoms with Crippen LogP contribution in [0.5, 0.6) is 11.5 Å². The van der Waals surface area contributed by atoms with Crippen molar-refractivity contribution in [2.24, 2.45) is 0 Å². The van der Waals surface area contributed by atoms with E-state index in [0.29, 0.717) is 35.9 Å². The minimum absolute atomic E-state index is 0.00767. The monoisotopic (exact) mass is 428 g/mol. The molecule has 1 aromatic carbocycles. The molecule has 2 heterocycles. The van der Waals surface area contributed by atoms with E-state index in [2.05, 4.69) is 4.90 Å². The van der Waals surface area contributed by atoms with Crippen molar-refractivity contribution in [1.82, 2.24) is 9.80 Å². The summed E-state index contributed by atoms with van der Waals surface area (Å²) in [6.07, 6.45) is 1.48. The zero-order valence-corrected chi connectivity index (χ0v) is 18.3. The van der Waals surface area contributed by atoms with Gasteiger partial charge in [0.25, 0.3) is 11.7 Å². The summed E-state index contributed by atoms with van der Waals surface area (Å²) in [6.45, 7) is 6.68. The lowest BCUT2D eigenvalue weighted by Gasteiger charge is -2.26. The van der Waals surface area contributed by atoms with Crippen LogP contribution in [0.3, 0.4) is 0 Å². The molecular formula is C23H28N2O6. The van der Waals surface area contributed by atoms with E-state index in [1.54, 1.807) is 30.3 Å². The molecule has 1 atom stereocenters. The largest absolute Gasteiger partial charge is 0.507 e. The average molecular weight is 428 g/mol. The number of ketones is 1. The number of amides is 1. The number of methoxy groups -OCH3 is 2. The van der Waals surface area contributed by atoms with E-state index in [9.17, 15) is 14.7 Å². The zero-order valence-electron chi connectivity index (χ0n) is 18.3. The number of likely N-dealkylation sites (tertiary alicyclic amines) is 1. The molecule has 0 saturated carbocycles. The van der Waals surface area contributed by atoms with Gasteiger partial charge in [0, 0.05) is 18.7 Å². The predicted octanol–water partition coefficient (Wildman–Crippen LogP) is 3.06. The Morgan fingerprint density at radius 1 is 1.13 bits per heavy atom. The van der Waals surface area contributed by atoms with Gasteiger partial charge in [-0.3, -0.25) is 9.59 Å². The molecule has 166 valence electrons. The SMILES string of the molecule is CCN(CC)CCN1C(=O)C(=O)/C(=C(\O)c2ccc(OC)c(OC)c2)C1c1ccco1. The summed E-state index contributed by atoms with van der Waals surface area (Å²) in [4.78, 5) is 29.5. The maximum absolute atomic E-state index is 13.0. The molecule has 8 nitrogen and oxygen atoms in total. The predicted molar refractivity (Wildman–Crippen MR) is 115 cm³/mol. The summed E-state index contributed by atoms with van der Waals surface area (Å²) in [6, 6.07) is 7.39. The van der Waals surface area contributed by atoms with E-state index < -0.39 is 17.7 Å². The van der Waals surface area contributed by atoms with Gasteiger partial charge in [0.15, 0.2) is 11.5 Å². The van der Waals surface area contributed by atoms with Gasteiger partial charge in [0.1, 0.15) is 17.6 Å². The van der Waals surface area contributed by atoms with Gasteiger partial charge in [0.05, 0.1) is 26.1 Å². The van der Waals surface area contributed by atoms with Crippen LogP contribution in [0.1, 0.15) is 31.2 Å². The standard InChI is InChI=1S/C23H28N2O6/c1-5-24(6-2)11-12-25-20(17-8-7-13-31-17)19(22(27)23(25)28)21(26)15-9-10-16(29-3)18(14-15)30-4/h7-10,13-14,20,26H,5-6,11-12H2,1-4H3/b21-19-. The number of aliphatic hydroxyl groups excluding tert-OH is 1. The fraction of sp³-hybridized carbons (Fsp3) is 0.391. The zero-order chi connectivity index (χ0) is 22.5. The Morgan fingerprint density at radius 2 is 1.84 bits per heavy atom. The van der Waals surface area contributed by atoms with Gasteiger partial charge in [-0.2, -0.15) is 0 Å². The number of nitrogens with zero attached hydrogens (tertiary/aromatic N) is 2. The van der Waals surface area contributed by atoms with Gasteiger partial charge in [-0.25, -0.2) is 0 Å². The third-order valence-corrected chi connectivity index (χ3v) is 5.56. The Bertz CT molecular complexity index is 962. The Labute approximate surface area is 181 Å². The number of ether oxygens (including phenoxy) is 2. The number of benzene rings is 1. The molecule has 3 rings (SSSR count). The molecular weight excluding hydrogens is 400 g/mol. The van der Waals surface area contributed by atoms with E-state index in [0.717, 1.165) is 13.1 Å². The topological polar surface area (TPSA) is 92.5 Å². The first kappa shape index (κ1) is 22.4. The van der Waals surface area contributed by atoms with Crippen molar-refractivity contribution in [2.75, 3.05) is 40.4 Å². The second kappa shape index (κ2) is 9.70. The number of Topliss-reactive ketones (excluding diaryl/α,β-unsaturated/α-hetero) is 1. The molecule has 1 amide bonds. The Hall–Kier alpha value is -3.26. The first-order valence-corrected chi connectivity index (χ1v) is 10.2. The molecule has 1 N–H and O–H groups in total. The molecule has 1 aromatic heterocycles. The number of likely N-dealkylation sites (N-methyl/N-ethyl adjacent to an activating group) is 1. The molecule has 1 fully saturated rings. The highest BCUT2D eigenvalue weighted by Crippen LogP contribution is 2.40. The third kappa shape index (κ3) is 4.29. The summed E-state index contributed by atoms with van der Waals surface area (Å²) in [7, 11) is 2.99. The quantitative estimate of drug-likeness (QED) is 0.373. The lowest BCUT2D eigenvalue weighted by molar-refractivity contribution is -0.140. The summed E-state index contributed by atoms with van der Waals surface area (Å²) >= 11 is 0.